The number of pyridine rings is 1. The molecular weight excluding hydrogens is 264 g/mol. The molecule has 10 heavy (non-hydrogen) atoms. The maximum atomic E-state index is 5.65. The lowest BCUT2D eigenvalue weighted by Crippen LogP contribution is -1.89. The SMILES string of the molecule is COc1ncc(Cl)cc1I. The predicted molar refractivity (Wildman–Crippen MR) is 48.5 cm³/mol. The maximum Gasteiger partial charge on any atom is 0.226 e. The molecule has 0 saturated carbocycles. The number of nitrogens with zero attached hydrogens (tertiary/aromatic N) is 1. The van der Waals surface area contributed by atoms with Crippen LogP contribution in [0.25, 0.3) is 0 Å². The van der Waals surface area contributed by atoms with Gasteiger partial charge in [-0.1, -0.05) is 11.6 Å². The van der Waals surface area contributed by atoms with E-state index in [4.69, 9.17) is 16.3 Å². The highest BCUT2D eigenvalue weighted by Gasteiger charge is 1.99. The van der Waals surface area contributed by atoms with E-state index >= 15 is 0 Å². The summed E-state index contributed by atoms with van der Waals surface area (Å²) in [7, 11) is 1.58. The van der Waals surface area contributed by atoms with E-state index in [2.05, 4.69) is 27.6 Å². The summed E-state index contributed by atoms with van der Waals surface area (Å²) < 4.78 is 5.85. The van der Waals surface area contributed by atoms with Crippen LogP contribution < -0.4 is 4.74 Å². The molecule has 1 heterocycles. The van der Waals surface area contributed by atoms with E-state index in [9.17, 15) is 0 Å². The van der Waals surface area contributed by atoms with Crippen molar-refractivity contribution >= 4 is 34.2 Å². The number of hydrogen-bond acceptors (Lipinski definition) is 2. The lowest BCUT2D eigenvalue weighted by molar-refractivity contribution is 0.394. The third-order valence-electron chi connectivity index (χ3n) is 0.967. The molecule has 4 heteroatoms. The van der Waals surface area contributed by atoms with Crippen LogP contribution in [0.15, 0.2) is 12.3 Å². The number of hydrogen-bond donors (Lipinski definition) is 0. The molecule has 0 aliphatic rings. The van der Waals surface area contributed by atoms with Crippen LogP contribution in [0.2, 0.25) is 5.02 Å². The summed E-state index contributed by atoms with van der Waals surface area (Å²) in [6.07, 6.45) is 1.56. The molecule has 0 spiro atoms. The number of aromatic nitrogens is 1. The van der Waals surface area contributed by atoms with E-state index in [1.165, 1.54) is 0 Å². The van der Waals surface area contributed by atoms with Gasteiger partial charge in [0.25, 0.3) is 0 Å². The summed E-state index contributed by atoms with van der Waals surface area (Å²) in [5, 5.41) is 0.630. The Kier molecular flexibility index (Phi) is 2.73. The highest BCUT2D eigenvalue weighted by atomic mass is 127. The van der Waals surface area contributed by atoms with Gasteiger partial charge < -0.3 is 4.74 Å². The summed E-state index contributed by atoms with van der Waals surface area (Å²) in [5.41, 5.74) is 0. The fourth-order valence-electron chi connectivity index (χ4n) is 0.552. The first-order valence-electron chi connectivity index (χ1n) is 2.59. The van der Waals surface area contributed by atoms with Crippen molar-refractivity contribution in [2.24, 2.45) is 0 Å². The zero-order valence-corrected chi connectivity index (χ0v) is 8.18. The molecule has 0 aromatic carbocycles. The van der Waals surface area contributed by atoms with Gasteiger partial charge in [-0.15, -0.1) is 0 Å². The molecule has 0 aliphatic heterocycles. The zero-order chi connectivity index (χ0) is 7.56. The van der Waals surface area contributed by atoms with Gasteiger partial charge in [0.2, 0.25) is 5.88 Å². The van der Waals surface area contributed by atoms with Crippen LogP contribution >= 0.6 is 34.2 Å². The Morgan fingerprint density at radius 3 is 2.90 bits per heavy atom. The van der Waals surface area contributed by atoms with Gasteiger partial charge in [0, 0.05) is 6.20 Å². The summed E-state index contributed by atoms with van der Waals surface area (Å²) >= 11 is 7.77. The molecule has 1 aromatic rings. The Morgan fingerprint density at radius 1 is 1.70 bits per heavy atom. The standard InChI is InChI=1S/C6H5ClINO/c1-10-6-5(8)2-4(7)3-9-6/h2-3H,1H3. The molecule has 1 rings (SSSR count). The molecule has 0 fully saturated rings. The van der Waals surface area contributed by atoms with Crippen molar-refractivity contribution in [2.45, 2.75) is 0 Å². The maximum absolute atomic E-state index is 5.65. The summed E-state index contributed by atoms with van der Waals surface area (Å²) in [4.78, 5) is 3.93. The second kappa shape index (κ2) is 3.39. The third kappa shape index (κ3) is 1.73. The average molecular weight is 269 g/mol. The van der Waals surface area contributed by atoms with Gasteiger partial charge in [0.1, 0.15) is 0 Å². The van der Waals surface area contributed by atoms with Crippen LogP contribution in [0, 0.1) is 3.57 Å². The van der Waals surface area contributed by atoms with Crippen LogP contribution in [0.1, 0.15) is 0 Å². The number of rotatable bonds is 1. The molecule has 0 amide bonds. The summed E-state index contributed by atoms with van der Waals surface area (Å²) in [5.74, 6) is 0.616. The molecule has 0 bridgehead atoms. The fraction of sp³-hybridized carbons (Fsp3) is 0.167. The Labute approximate surface area is 77.7 Å². The molecule has 0 aliphatic carbocycles. The van der Waals surface area contributed by atoms with Crippen molar-refractivity contribution < 1.29 is 4.74 Å². The van der Waals surface area contributed by atoms with Crippen molar-refractivity contribution in [3.63, 3.8) is 0 Å². The van der Waals surface area contributed by atoms with Crippen LogP contribution in [-0.4, -0.2) is 12.1 Å². The van der Waals surface area contributed by atoms with Gasteiger partial charge in [-0.05, 0) is 28.7 Å². The molecule has 1 aromatic heterocycles. The Hall–Kier alpha value is -0.0300. The zero-order valence-electron chi connectivity index (χ0n) is 5.27. The van der Waals surface area contributed by atoms with Crippen molar-refractivity contribution in [1.82, 2.24) is 4.98 Å². The van der Waals surface area contributed by atoms with Gasteiger partial charge in [-0.25, -0.2) is 4.98 Å². The van der Waals surface area contributed by atoms with Gasteiger partial charge in [0.05, 0.1) is 15.7 Å². The predicted octanol–water partition coefficient (Wildman–Crippen LogP) is 2.35. The third-order valence-corrected chi connectivity index (χ3v) is 1.95. The molecule has 54 valence electrons. The number of methoxy groups -OCH3 is 1. The average Bonchev–Trinajstić information content (AvgIpc) is 1.88. The molecule has 0 radical (unpaired) electrons. The number of ether oxygens (including phenoxy) is 1. The van der Waals surface area contributed by atoms with E-state index in [1.54, 1.807) is 19.4 Å². The minimum atomic E-state index is 0.616. The first-order valence-corrected chi connectivity index (χ1v) is 4.04. The van der Waals surface area contributed by atoms with Gasteiger partial charge in [0.15, 0.2) is 0 Å². The Morgan fingerprint density at radius 2 is 2.40 bits per heavy atom. The molecule has 2 nitrogen and oxygen atoms in total. The lowest BCUT2D eigenvalue weighted by Gasteiger charge is -1.99. The van der Waals surface area contributed by atoms with Gasteiger partial charge >= 0.3 is 0 Å². The monoisotopic (exact) mass is 269 g/mol. The van der Waals surface area contributed by atoms with Crippen molar-refractivity contribution in [1.29, 1.82) is 0 Å². The minimum absolute atomic E-state index is 0.616. The number of halogens is 2. The summed E-state index contributed by atoms with van der Waals surface area (Å²) in [6.45, 7) is 0. The highest BCUT2D eigenvalue weighted by Crippen LogP contribution is 2.20. The molecule has 0 saturated heterocycles. The Bertz CT molecular complexity index is 241. The minimum Gasteiger partial charge on any atom is -0.480 e. The highest BCUT2D eigenvalue weighted by molar-refractivity contribution is 14.1. The second-order valence-corrected chi connectivity index (χ2v) is 3.24. The van der Waals surface area contributed by atoms with Crippen molar-refractivity contribution in [3.8, 4) is 5.88 Å². The fourth-order valence-corrected chi connectivity index (χ4v) is 1.59. The van der Waals surface area contributed by atoms with Crippen LogP contribution in [0.4, 0.5) is 0 Å². The van der Waals surface area contributed by atoms with Crippen molar-refractivity contribution in [3.05, 3.63) is 20.9 Å². The molecular formula is C6H5ClINO. The van der Waals surface area contributed by atoms with E-state index in [0.717, 1.165) is 3.57 Å². The van der Waals surface area contributed by atoms with E-state index < -0.39 is 0 Å². The van der Waals surface area contributed by atoms with Crippen LogP contribution in [0.5, 0.6) is 5.88 Å². The first-order chi connectivity index (χ1) is 4.74. The molecule has 0 atom stereocenters. The van der Waals surface area contributed by atoms with Crippen LogP contribution in [-0.2, 0) is 0 Å². The largest absolute Gasteiger partial charge is 0.480 e. The van der Waals surface area contributed by atoms with Gasteiger partial charge in [-0.2, -0.15) is 0 Å². The summed E-state index contributed by atoms with van der Waals surface area (Å²) in [6, 6.07) is 1.80. The van der Waals surface area contributed by atoms with Gasteiger partial charge in [-0.3, -0.25) is 0 Å². The molecule has 0 N–H and O–H groups in total. The quantitative estimate of drug-likeness (QED) is 0.730. The van der Waals surface area contributed by atoms with E-state index in [1.807, 2.05) is 0 Å². The first kappa shape index (κ1) is 8.07. The lowest BCUT2D eigenvalue weighted by atomic mass is 10.5. The normalized spacial score (nSPS) is 9.50. The second-order valence-electron chi connectivity index (χ2n) is 1.64. The topological polar surface area (TPSA) is 22.1 Å². The van der Waals surface area contributed by atoms with Crippen molar-refractivity contribution in [2.75, 3.05) is 7.11 Å². The molecule has 0 unspecified atom stereocenters. The van der Waals surface area contributed by atoms with E-state index in [-0.39, 0.29) is 0 Å². The Balaban J connectivity index is 3.07. The smallest absolute Gasteiger partial charge is 0.226 e. The van der Waals surface area contributed by atoms with Crippen LogP contribution in [0.3, 0.4) is 0 Å². The van der Waals surface area contributed by atoms with E-state index in [0.29, 0.717) is 10.9 Å².